The van der Waals surface area contributed by atoms with E-state index in [2.05, 4.69) is 0 Å². The monoisotopic (exact) mass is 250 g/mol. The zero-order chi connectivity index (χ0) is 13.2. The molecular formula is C11H10F4O2. The lowest BCUT2D eigenvalue weighted by Crippen LogP contribution is -2.22. The van der Waals surface area contributed by atoms with Crippen molar-refractivity contribution in [2.45, 2.75) is 26.1 Å². The number of carbonyl (C=O) groups excluding carboxylic acids is 1. The van der Waals surface area contributed by atoms with E-state index < -0.39 is 23.3 Å². The second-order valence-electron chi connectivity index (χ2n) is 3.64. The van der Waals surface area contributed by atoms with Gasteiger partial charge in [0.05, 0.1) is 6.10 Å². The van der Waals surface area contributed by atoms with Gasteiger partial charge < -0.3 is 4.74 Å². The number of benzene rings is 1. The number of halogens is 4. The Morgan fingerprint density at radius 3 is 2.29 bits per heavy atom. The molecule has 1 aromatic carbocycles. The van der Waals surface area contributed by atoms with E-state index >= 15 is 0 Å². The molecule has 0 fully saturated rings. The Kier molecular flexibility index (Phi) is 3.75. The topological polar surface area (TPSA) is 26.3 Å². The number of hydrogen-bond acceptors (Lipinski definition) is 2. The van der Waals surface area contributed by atoms with Gasteiger partial charge in [0.2, 0.25) is 0 Å². The Morgan fingerprint density at radius 2 is 1.88 bits per heavy atom. The molecule has 17 heavy (non-hydrogen) atoms. The second kappa shape index (κ2) is 4.73. The highest BCUT2D eigenvalue weighted by atomic mass is 19.4. The van der Waals surface area contributed by atoms with Crippen LogP contribution in [0.4, 0.5) is 17.6 Å². The number of ketones is 1. The second-order valence-corrected chi connectivity index (χ2v) is 3.64. The highest BCUT2D eigenvalue weighted by Gasteiger charge is 2.39. The fourth-order valence-corrected chi connectivity index (χ4v) is 1.16. The van der Waals surface area contributed by atoms with Crippen molar-refractivity contribution in [3.63, 3.8) is 0 Å². The van der Waals surface area contributed by atoms with E-state index in [9.17, 15) is 22.4 Å². The van der Waals surface area contributed by atoms with Gasteiger partial charge in [0.15, 0.2) is 11.6 Å². The molecule has 0 saturated heterocycles. The van der Waals surface area contributed by atoms with Gasteiger partial charge in [-0.3, -0.25) is 4.79 Å². The predicted octanol–water partition coefficient (Wildman–Crippen LogP) is 3.36. The van der Waals surface area contributed by atoms with Crippen LogP contribution < -0.4 is 4.74 Å². The minimum atomic E-state index is -5.01. The summed E-state index contributed by atoms with van der Waals surface area (Å²) in [5, 5.41) is 0. The fourth-order valence-electron chi connectivity index (χ4n) is 1.16. The van der Waals surface area contributed by atoms with Gasteiger partial charge in [0.25, 0.3) is 5.78 Å². The minimum absolute atomic E-state index is 0.182. The molecule has 0 amide bonds. The molecule has 0 saturated carbocycles. The summed E-state index contributed by atoms with van der Waals surface area (Å²) in [4.78, 5) is 10.8. The molecule has 0 atom stereocenters. The van der Waals surface area contributed by atoms with Crippen molar-refractivity contribution in [2.75, 3.05) is 0 Å². The Hall–Kier alpha value is -1.59. The first kappa shape index (κ1) is 13.5. The van der Waals surface area contributed by atoms with Crippen molar-refractivity contribution in [2.24, 2.45) is 0 Å². The number of alkyl halides is 3. The molecule has 2 nitrogen and oxygen atoms in total. The molecular weight excluding hydrogens is 240 g/mol. The zero-order valence-corrected chi connectivity index (χ0v) is 9.14. The maximum Gasteiger partial charge on any atom is 0.454 e. The molecule has 0 aromatic heterocycles. The highest BCUT2D eigenvalue weighted by molar-refractivity contribution is 6.00. The summed E-state index contributed by atoms with van der Waals surface area (Å²) in [5.74, 6) is -3.25. The Balaban J connectivity index is 3.01. The summed E-state index contributed by atoms with van der Waals surface area (Å²) in [6, 6.07) is 2.42. The van der Waals surface area contributed by atoms with E-state index in [0.717, 1.165) is 12.1 Å². The van der Waals surface area contributed by atoms with E-state index in [4.69, 9.17) is 4.74 Å². The predicted molar refractivity (Wildman–Crippen MR) is 52.5 cm³/mol. The van der Waals surface area contributed by atoms with Gasteiger partial charge in [-0.1, -0.05) is 0 Å². The van der Waals surface area contributed by atoms with Crippen LogP contribution in [0.2, 0.25) is 0 Å². The minimum Gasteiger partial charge on any atom is -0.488 e. The van der Waals surface area contributed by atoms with E-state index in [-0.39, 0.29) is 11.9 Å². The lowest BCUT2D eigenvalue weighted by atomic mass is 10.1. The molecule has 0 N–H and O–H groups in total. The molecule has 6 heteroatoms. The Labute approximate surface area is 95.2 Å². The summed E-state index contributed by atoms with van der Waals surface area (Å²) in [6.07, 6.45) is -5.32. The third-order valence-corrected chi connectivity index (χ3v) is 1.81. The summed E-state index contributed by atoms with van der Waals surface area (Å²) >= 11 is 0. The van der Waals surface area contributed by atoms with Crippen LogP contribution in [-0.4, -0.2) is 18.1 Å². The lowest BCUT2D eigenvalue weighted by molar-refractivity contribution is -0.0885. The molecule has 0 spiro atoms. The molecule has 1 rings (SSSR count). The Bertz CT molecular complexity index is 424. The largest absolute Gasteiger partial charge is 0.488 e. The van der Waals surface area contributed by atoms with Crippen molar-refractivity contribution in [1.29, 1.82) is 0 Å². The fraction of sp³-hybridized carbons (Fsp3) is 0.364. The van der Waals surface area contributed by atoms with Crippen molar-refractivity contribution >= 4 is 5.78 Å². The normalized spacial score (nSPS) is 11.7. The molecule has 0 aliphatic carbocycles. The average molecular weight is 250 g/mol. The SMILES string of the molecule is CC(C)Oc1ccc(C(=O)C(F)(F)F)cc1F. The van der Waals surface area contributed by atoms with Gasteiger partial charge in [-0.05, 0) is 32.0 Å². The third kappa shape index (κ3) is 3.44. The first-order valence-electron chi connectivity index (χ1n) is 4.79. The lowest BCUT2D eigenvalue weighted by Gasteiger charge is -2.11. The number of Topliss-reactive ketones (excluding diaryl/α,β-unsaturated/α-hetero) is 1. The number of hydrogen-bond donors (Lipinski definition) is 0. The van der Waals surface area contributed by atoms with Crippen LogP contribution in [0.15, 0.2) is 18.2 Å². The van der Waals surface area contributed by atoms with Crippen LogP contribution in [-0.2, 0) is 0 Å². The van der Waals surface area contributed by atoms with Gasteiger partial charge >= 0.3 is 6.18 Å². The summed E-state index contributed by atoms with van der Waals surface area (Å²) in [5.41, 5.74) is -0.744. The summed E-state index contributed by atoms with van der Waals surface area (Å²) < 4.78 is 54.5. The quantitative estimate of drug-likeness (QED) is 0.607. The van der Waals surface area contributed by atoms with Crippen molar-refractivity contribution < 1.29 is 27.1 Å². The Morgan fingerprint density at radius 1 is 1.29 bits per heavy atom. The van der Waals surface area contributed by atoms with Crippen LogP contribution in [0.5, 0.6) is 5.75 Å². The maximum atomic E-state index is 13.3. The average Bonchev–Trinajstić information content (AvgIpc) is 2.18. The number of carbonyl (C=O) groups is 1. The smallest absolute Gasteiger partial charge is 0.454 e. The molecule has 0 heterocycles. The molecule has 0 aliphatic heterocycles. The van der Waals surface area contributed by atoms with Crippen LogP contribution in [0.1, 0.15) is 24.2 Å². The molecule has 0 bridgehead atoms. The van der Waals surface area contributed by atoms with Gasteiger partial charge in [-0.15, -0.1) is 0 Å². The van der Waals surface area contributed by atoms with E-state index in [1.807, 2.05) is 0 Å². The summed E-state index contributed by atoms with van der Waals surface area (Å²) in [6.45, 7) is 3.29. The summed E-state index contributed by atoms with van der Waals surface area (Å²) in [7, 11) is 0. The van der Waals surface area contributed by atoms with Gasteiger partial charge in [0, 0.05) is 5.56 Å². The van der Waals surface area contributed by atoms with Gasteiger partial charge in [-0.25, -0.2) is 4.39 Å². The van der Waals surface area contributed by atoms with Crippen molar-refractivity contribution in [3.05, 3.63) is 29.6 Å². The zero-order valence-electron chi connectivity index (χ0n) is 9.14. The van der Waals surface area contributed by atoms with Gasteiger partial charge in [0.1, 0.15) is 0 Å². The van der Waals surface area contributed by atoms with Gasteiger partial charge in [-0.2, -0.15) is 13.2 Å². The van der Waals surface area contributed by atoms with Crippen molar-refractivity contribution in [1.82, 2.24) is 0 Å². The van der Waals surface area contributed by atoms with Crippen LogP contribution in [0.25, 0.3) is 0 Å². The first-order chi connectivity index (χ1) is 7.71. The van der Waals surface area contributed by atoms with E-state index in [0.29, 0.717) is 6.07 Å². The van der Waals surface area contributed by atoms with Crippen LogP contribution in [0, 0.1) is 5.82 Å². The van der Waals surface area contributed by atoms with Crippen LogP contribution >= 0.6 is 0 Å². The standard InChI is InChI=1S/C11H10F4O2/c1-6(2)17-9-4-3-7(5-8(9)12)10(16)11(13,14)15/h3-6H,1-2H3. The molecule has 0 radical (unpaired) electrons. The number of ether oxygens (including phenoxy) is 1. The maximum absolute atomic E-state index is 13.3. The first-order valence-corrected chi connectivity index (χ1v) is 4.79. The highest BCUT2D eigenvalue weighted by Crippen LogP contribution is 2.25. The molecule has 94 valence electrons. The van der Waals surface area contributed by atoms with Crippen molar-refractivity contribution in [3.8, 4) is 5.75 Å². The number of rotatable bonds is 3. The molecule has 0 aliphatic rings. The van der Waals surface area contributed by atoms with Crippen LogP contribution in [0.3, 0.4) is 0 Å². The van der Waals surface area contributed by atoms with E-state index in [1.54, 1.807) is 13.8 Å². The van der Waals surface area contributed by atoms with E-state index in [1.165, 1.54) is 0 Å². The third-order valence-electron chi connectivity index (χ3n) is 1.81. The molecule has 1 aromatic rings. The molecule has 0 unspecified atom stereocenters.